The van der Waals surface area contributed by atoms with E-state index in [4.69, 9.17) is 5.73 Å². The molecule has 0 aliphatic rings. The maximum atomic E-state index is 11.8. The minimum absolute atomic E-state index is 0.0124. The van der Waals surface area contributed by atoms with Crippen molar-refractivity contribution in [1.29, 1.82) is 0 Å². The number of rotatable bonds is 4. The molecule has 0 amide bonds. The van der Waals surface area contributed by atoms with Gasteiger partial charge in [0.25, 0.3) is 0 Å². The number of alkyl halides is 3. The molecule has 0 radical (unpaired) electrons. The minimum Gasteiger partial charge on any atom is -0.396 e. The van der Waals surface area contributed by atoms with Crippen LogP contribution in [0.5, 0.6) is 0 Å². The van der Waals surface area contributed by atoms with Crippen molar-refractivity contribution in [3.63, 3.8) is 0 Å². The number of nitrogens with one attached hydrogen (secondary N) is 1. The van der Waals surface area contributed by atoms with Gasteiger partial charge in [-0.25, -0.2) is 4.98 Å². The van der Waals surface area contributed by atoms with Gasteiger partial charge in [0.1, 0.15) is 5.82 Å². The van der Waals surface area contributed by atoms with E-state index in [1.807, 2.05) is 6.92 Å². The maximum Gasteiger partial charge on any atom is 0.389 e. The van der Waals surface area contributed by atoms with Crippen molar-refractivity contribution in [3.8, 4) is 0 Å². The molecule has 0 aliphatic carbocycles. The molecule has 1 heterocycles. The summed E-state index contributed by atoms with van der Waals surface area (Å²) in [6.45, 7) is 2.05. The molecule has 0 aromatic carbocycles. The molecular formula is C10H14F3N3. The third-order valence-electron chi connectivity index (χ3n) is 1.98. The minimum atomic E-state index is -4.10. The smallest absolute Gasteiger partial charge is 0.389 e. The molecule has 0 aliphatic heterocycles. The van der Waals surface area contributed by atoms with E-state index >= 15 is 0 Å². The van der Waals surface area contributed by atoms with E-state index in [9.17, 15) is 13.2 Å². The molecule has 0 saturated heterocycles. The zero-order valence-electron chi connectivity index (χ0n) is 8.93. The van der Waals surface area contributed by atoms with Crippen LogP contribution in [0.25, 0.3) is 0 Å². The molecule has 0 unspecified atom stereocenters. The lowest BCUT2D eigenvalue weighted by Crippen LogP contribution is -2.12. The fourth-order valence-corrected chi connectivity index (χ4v) is 1.24. The molecule has 1 aromatic heterocycles. The van der Waals surface area contributed by atoms with E-state index in [2.05, 4.69) is 10.3 Å². The van der Waals surface area contributed by atoms with Crippen molar-refractivity contribution in [1.82, 2.24) is 4.98 Å². The highest BCUT2D eigenvalue weighted by Gasteiger charge is 2.25. The monoisotopic (exact) mass is 233 g/mol. The Kier molecular flexibility index (Phi) is 3.98. The van der Waals surface area contributed by atoms with Gasteiger partial charge in [0.05, 0.1) is 5.69 Å². The van der Waals surface area contributed by atoms with Crippen molar-refractivity contribution < 1.29 is 13.2 Å². The Labute approximate surface area is 91.9 Å². The van der Waals surface area contributed by atoms with Gasteiger partial charge in [-0.05, 0) is 25.0 Å². The van der Waals surface area contributed by atoms with Crippen LogP contribution in [0.4, 0.5) is 24.7 Å². The highest BCUT2D eigenvalue weighted by atomic mass is 19.4. The summed E-state index contributed by atoms with van der Waals surface area (Å²) >= 11 is 0. The third kappa shape index (κ3) is 4.37. The fraction of sp³-hybridized carbons (Fsp3) is 0.500. The summed E-state index contributed by atoms with van der Waals surface area (Å²) in [6, 6.07) is 1.72. The van der Waals surface area contributed by atoms with Crippen LogP contribution in [-0.4, -0.2) is 17.7 Å². The SMILES string of the molecule is Cc1cnc(NCCCC(F)(F)F)c(N)c1. The third-order valence-corrected chi connectivity index (χ3v) is 1.98. The number of nitrogens with two attached hydrogens (primary N) is 1. The van der Waals surface area contributed by atoms with Gasteiger partial charge >= 0.3 is 6.18 Å². The van der Waals surface area contributed by atoms with Gasteiger partial charge in [-0.1, -0.05) is 0 Å². The summed E-state index contributed by atoms with van der Waals surface area (Å²) in [6.07, 6.45) is -3.28. The molecule has 0 spiro atoms. The molecule has 0 fully saturated rings. The molecule has 1 rings (SSSR count). The van der Waals surface area contributed by atoms with Gasteiger partial charge in [-0.2, -0.15) is 13.2 Å². The number of hydrogen-bond donors (Lipinski definition) is 2. The first kappa shape index (κ1) is 12.6. The lowest BCUT2D eigenvalue weighted by atomic mass is 10.2. The lowest BCUT2D eigenvalue weighted by molar-refractivity contribution is -0.134. The topological polar surface area (TPSA) is 50.9 Å². The van der Waals surface area contributed by atoms with E-state index in [1.165, 1.54) is 0 Å². The first-order valence-electron chi connectivity index (χ1n) is 4.91. The van der Waals surface area contributed by atoms with Crippen molar-refractivity contribution in [2.24, 2.45) is 0 Å². The van der Waals surface area contributed by atoms with E-state index in [0.717, 1.165) is 5.56 Å². The Balaban J connectivity index is 2.38. The van der Waals surface area contributed by atoms with Crippen LogP contribution in [0.2, 0.25) is 0 Å². The Morgan fingerprint density at radius 3 is 2.69 bits per heavy atom. The summed E-state index contributed by atoms with van der Waals surface area (Å²) in [4.78, 5) is 3.99. The normalized spacial score (nSPS) is 11.5. The predicted octanol–water partition coefficient (Wildman–Crippen LogP) is 2.73. The highest BCUT2D eigenvalue weighted by Crippen LogP contribution is 2.21. The standard InChI is InChI=1S/C10H14F3N3/c1-7-5-8(14)9(16-6-7)15-4-2-3-10(11,12)13/h5-6H,2-4,14H2,1H3,(H,15,16). The Hall–Kier alpha value is -1.46. The molecule has 16 heavy (non-hydrogen) atoms. The molecule has 3 N–H and O–H groups in total. The summed E-state index contributed by atoms with van der Waals surface area (Å²) in [5.41, 5.74) is 7.01. The number of anilines is 2. The molecule has 0 saturated carbocycles. The van der Waals surface area contributed by atoms with Gasteiger partial charge in [-0.3, -0.25) is 0 Å². The van der Waals surface area contributed by atoms with E-state index in [0.29, 0.717) is 11.5 Å². The van der Waals surface area contributed by atoms with Crippen LogP contribution in [0.3, 0.4) is 0 Å². The molecule has 0 bridgehead atoms. The molecule has 1 aromatic rings. The van der Waals surface area contributed by atoms with Crippen molar-refractivity contribution >= 4 is 11.5 Å². The van der Waals surface area contributed by atoms with Crippen LogP contribution in [0, 0.1) is 6.92 Å². The summed E-state index contributed by atoms with van der Waals surface area (Å²) in [5, 5.41) is 2.78. The van der Waals surface area contributed by atoms with E-state index < -0.39 is 12.6 Å². The fourth-order valence-electron chi connectivity index (χ4n) is 1.24. The van der Waals surface area contributed by atoms with E-state index in [1.54, 1.807) is 12.3 Å². The second-order valence-corrected chi connectivity index (χ2v) is 3.60. The van der Waals surface area contributed by atoms with Crippen LogP contribution < -0.4 is 11.1 Å². The number of aromatic nitrogens is 1. The van der Waals surface area contributed by atoms with Crippen LogP contribution in [-0.2, 0) is 0 Å². The summed E-state index contributed by atoms with van der Waals surface area (Å²) in [5.74, 6) is 0.438. The number of halogens is 3. The largest absolute Gasteiger partial charge is 0.396 e. The summed E-state index contributed by atoms with van der Waals surface area (Å²) in [7, 11) is 0. The Morgan fingerprint density at radius 1 is 1.44 bits per heavy atom. The average Bonchev–Trinajstić information content (AvgIpc) is 2.13. The van der Waals surface area contributed by atoms with Crippen molar-refractivity contribution in [2.45, 2.75) is 25.9 Å². The maximum absolute atomic E-state index is 11.8. The van der Waals surface area contributed by atoms with Gasteiger partial charge in [0.15, 0.2) is 0 Å². The molecule has 6 heteroatoms. The zero-order chi connectivity index (χ0) is 12.2. The summed E-state index contributed by atoms with van der Waals surface area (Å²) < 4.78 is 35.5. The molecule has 3 nitrogen and oxygen atoms in total. The first-order chi connectivity index (χ1) is 7.38. The zero-order valence-corrected chi connectivity index (χ0v) is 8.93. The quantitative estimate of drug-likeness (QED) is 0.786. The average molecular weight is 233 g/mol. The van der Waals surface area contributed by atoms with Gasteiger partial charge in [0.2, 0.25) is 0 Å². The van der Waals surface area contributed by atoms with Crippen LogP contribution in [0.1, 0.15) is 18.4 Å². The van der Waals surface area contributed by atoms with Crippen molar-refractivity contribution in [3.05, 3.63) is 17.8 Å². The second kappa shape index (κ2) is 5.05. The van der Waals surface area contributed by atoms with Gasteiger partial charge in [-0.15, -0.1) is 0 Å². The predicted molar refractivity (Wildman–Crippen MR) is 57.2 cm³/mol. The molecule has 90 valence electrons. The number of hydrogen-bond acceptors (Lipinski definition) is 3. The lowest BCUT2D eigenvalue weighted by Gasteiger charge is -2.09. The van der Waals surface area contributed by atoms with E-state index in [-0.39, 0.29) is 13.0 Å². The van der Waals surface area contributed by atoms with Gasteiger partial charge < -0.3 is 11.1 Å². The number of pyridine rings is 1. The van der Waals surface area contributed by atoms with Crippen molar-refractivity contribution in [2.75, 3.05) is 17.6 Å². The number of nitrogens with zero attached hydrogens (tertiary/aromatic N) is 1. The molecular weight excluding hydrogens is 219 g/mol. The molecule has 0 atom stereocenters. The van der Waals surface area contributed by atoms with Crippen LogP contribution in [0.15, 0.2) is 12.3 Å². The second-order valence-electron chi connectivity index (χ2n) is 3.60. The number of aryl methyl sites for hydroxylation is 1. The van der Waals surface area contributed by atoms with Gasteiger partial charge in [0, 0.05) is 19.2 Å². The number of nitrogen functional groups attached to an aromatic ring is 1. The highest BCUT2D eigenvalue weighted by molar-refractivity contribution is 5.61. The first-order valence-corrected chi connectivity index (χ1v) is 4.91. The Morgan fingerprint density at radius 2 is 2.12 bits per heavy atom. The Bertz CT molecular complexity index is 350. The van der Waals surface area contributed by atoms with Crippen LogP contribution >= 0.6 is 0 Å².